The van der Waals surface area contributed by atoms with E-state index in [1.807, 2.05) is 62.4 Å². The first-order valence-corrected chi connectivity index (χ1v) is 18.8. The van der Waals surface area contributed by atoms with Gasteiger partial charge in [0.1, 0.15) is 24.7 Å². The molecule has 0 aliphatic heterocycles. The predicted octanol–water partition coefficient (Wildman–Crippen LogP) is 9.34. The molecule has 0 saturated carbocycles. The number of carbonyl (C=O) groups is 2. The maximum Gasteiger partial charge on any atom is 0.335 e. The standard InChI is InChI=1S/C46H54O8/c1-7-49-43(45(47)51-9-3)31-35-11-23-41(24-12-35)53-29-27-33(5)37-15-19-39(20-16-37)40-21-17-38(18-22-40)34(6)28-30-54-42-25-13-36(14-26-42)32-44(50-8-2)46(48)52-10-4/h11-28,43-44H,7-10,29-32H2,1-6H3. The molecule has 8 nitrogen and oxygen atoms in total. The van der Waals surface area contributed by atoms with Gasteiger partial charge in [-0.05, 0) is 122 Å². The lowest BCUT2D eigenvalue weighted by Crippen LogP contribution is -2.28. The van der Waals surface area contributed by atoms with Crippen LogP contribution in [0.5, 0.6) is 11.5 Å². The van der Waals surface area contributed by atoms with Gasteiger partial charge >= 0.3 is 11.9 Å². The Balaban J connectivity index is 1.24. The van der Waals surface area contributed by atoms with Gasteiger partial charge in [-0.3, -0.25) is 0 Å². The number of hydrogen-bond donors (Lipinski definition) is 0. The minimum Gasteiger partial charge on any atom is -0.490 e. The molecule has 4 aromatic carbocycles. The molecule has 0 saturated heterocycles. The zero-order valence-corrected chi connectivity index (χ0v) is 32.5. The number of carbonyl (C=O) groups excluding carboxylic acids is 2. The molecule has 54 heavy (non-hydrogen) atoms. The number of allylic oxidation sites excluding steroid dienone is 2. The Kier molecular flexibility index (Phi) is 17.0. The maximum atomic E-state index is 12.2. The number of ether oxygens (including phenoxy) is 6. The maximum absolute atomic E-state index is 12.2. The van der Waals surface area contributed by atoms with Gasteiger partial charge in [0.05, 0.1) is 13.2 Å². The molecule has 0 bridgehead atoms. The van der Waals surface area contributed by atoms with Crippen molar-refractivity contribution >= 4 is 23.1 Å². The summed E-state index contributed by atoms with van der Waals surface area (Å²) in [7, 11) is 0. The molecule has 2 unspecified atom stereocenters. The summed E-state index contributed by atoms with van der Waals surface area (Å²) >= 11 is 0. The minimum absolute atomic E-state index is 0.329. The fourth-order valence-electron chi connectivity index (χ4n) is 5.78. The lowest BCUT2D eigenvalue weighted by molar-refractivity contribution is -0.157. The van der Waals surface area contributed by atoms with Crippen LogP contribution in [0.1, 0.15) is 63.8 Å². The fourth-order valence-corrected chi connectivity index (χ4v) is 5.78. The highest BCUT2D eigenvalue weighted by atomic mass is 16.6. The van der Waals surface area contributed by atoms with E-state index in [1.54, 1.807) is 13.8 Å². The van der Waals surface area contributed by atoms with Gasteiger partial charge < -0.3 is 28.4 Å². The second-order valence-electron chi connectivity index (χ2n) is 12.6. The van der Waals surface area contributed by atoms with Gasteiger partial charge in [0.15, 0.2) is 12.2 Å². The summed E-state index contributed by atoms with van der Waals surface area (Å²) in [6, 6.07) is 32.6. The largest absolute Gasteiger partial charge is 0.490 e. The van der Waals surface area contributed by atoms with Crippen LogP contribution in [0, 0.1) is 0 Å². The van der Waals surface area contributed by atoms with Gasteiger partial charge in [-0.25, -0.2) is 9.59 Å². The molecule has 286 valence electrons. The quantitative estimate of drug-likeness (QED) is 0.0783. The molecule has 4 rings (SSSR count). The molecule has 0 aromatic heterocycles. The number of esters is 2. The summed E-state index contributed by atoms with van der Waals surface area (Å²) in [5.41, 5.74) is 8.78. The highest BCUT2D eigenvalue weighted by Crippen LogP contribution is 2.25. The average Bonchev–Trinajstić information content (AvgIpc) is 3.19. The van der Waals surface area contributed by atoms with E-state index in [9.17, 15) is 9.59 Å². The summed E-state index contributed by atoms with van der Waals surface area (Å²) in [5.74, 6) is 0.844. The smallest absolute Gasteiger partial charge is 0.335 e. The molecule has 0 fully saturated rings. The van der Waals surface area contributed by atoms with E-state index >= 15 is 0 Å². The first-order chi connectivity index (χ1) is 26.2. The van der Waals surface area contributed by atoms with E-state index in [1.165, 1.54) is 0 Å². The zero-order chi connectivity index (χ0) is 38.7. The van der Waals surface area contributed by atoms with E-state index in [2.05, 4.69) is 74.5 Å². The Morgan fingerprint density at radius 2 is 0.852 bits per heavy atom. The van der Waals surface area contributed by atoms with E-state index in [0.29, 0.717) is 52.5 Å². The predicted molar refractivity (Wildman–Crippen MR) is 215 cm³/mol. The summed E-state index contributed by atoms with van der Waals surface area (Å²) in [5, 5.41) is 0. The van der Waals surface area contributed by atoms with Crippen molar-refractivity contribution in [3.8, 4) is 22.6 Å². The number of hydrogen-bond acceptors (Lipinski definition) is 8. The third-order valence-corrected chi connectivity index (χ3v) is 8.82. The average molecular weight is 735 g/mol. The first kappa shape index (κ1) is 41.6. The van der Waals surface area contributed by atoms with Crippen LogP contribution >= 0.6 is 0 Å². The monoisotopic (exact) mass is 734 g/mol. The van der Waals surface area contributed by atoms with Crippen LogP contribution < -0.4 is 9.47 Å². The van der Waals surface area contributed by atoms with Crippen molar-refractivity contribution in [1.29, 1.82) is 0 Å². The van der Waals surface area contributed by atoms with Gasteiger partial charge in [0, 0.05) is 26.1 Å². The third-order valence-electron chi connectivity index (χ3n) is 8.82. The van der Waals surface area contributed by atoms with Crippen molar-refractivity contribution in [2.75, 3.05) is 39.6 Å². The van der Waals surface area contributed by atoms with Crippen molar-refractivity contribution in [3.63, 3.8) is 0 Å². The Bertz CT molecular complexity index is 1650. The van der Waals surface area contributed by atoms with E-state index < -0.39 is 12.2 Å². The second-order valence-corrected chi connectivity index (χ2v) is 12.6. The summed E-state index contributed by atoms with van der Waals surface area (Å²) in [6.45, 7) is 13.9. The van der Waals surface area contributed by atoms with Crippen LogP contribution in [-0.2, 0) is 41.4 Å². The molecule has 0 amide bonds. The van der Waals surface area contributed by atoms with Crippen LogP contribution in [-0.4, -0.2) is 63.8 Å². The molecular weight excluding hydrogens is 680 g/mol. The normalized spacial score (nSPS) is 12.9. The topological polar surface area (TPSA) is 89.5 Å². The van der Waals surface area contributed by atoms with Gasteiger partial charge in [-0.2, -0.15) is 0 Å². The van der Waals surface area contributed by atoms with Gasteiger partial charge in [0.25, 0.3) is 0 Å². The molecule has 8 heteroatoms. The van der Waals surface area contributed by atoms with Crippen LogP contribution in [0.15, 0.2) is 109 Å². The number of benzene rings is 4. The van der Waals surface area contributed by atoms with Crippen LogP contribution in [0.2, 0.25) is 0 Å². The van der Waals surface area contributed by atoms with Gasteiger partial charge in [-0.15, -0.1) is 0 Å². The van der Waals surface area contributed by atoms with Gasteiger partial charge in [-0.1, -0.05) is 72.8 Å². The Morgan fingerprint density at radius 3 is 1.17 bits per heavy atom. The molecule has 0 heterocycles. The van der Waals surface area contributed by atoms with Gasteiger partial charge in [0.2, 0.25) is 0 Å². The van der Waals surface area contributed by atoms with Crippen molar-refractivity contribution < 1.29 is 38.0 Å². The van der Waals surface area contributed by atoms with E-state index in [0.717, 1.165) is 56.0 Å². The van der Waals surface area contributed by atoms with Crippen molar-refractivity contribution in [3.05, 3.63) is 131 Å². The molecule has 2 atom stereocenters. The van der Waals surface area contributed by atoms with Crippen molar-refractivity contribution in [1.82, 2.24) is 0 Å². The molecule has 0 aliphatic rings. The van der Waals surface area contributed by atoms with E-state index in [4.69, 9.17) is 28.4 Å². The molecule has 0 radical (unpaired) electrons. The lowest BCUT2D eigenvalue weighted by atomic mass is 9.98. The zero-order valence-electron chi connectivity index (χ0n) is 32.5. The molecular formula is C46H54O8. The van der Waals surface area contributed by atoms with Crippen molar-refractivity contribution in [2.45, 2.75) is 66.6 Å². The molecule has 0 aliphatic carbocycles. The molecule has 0 spiro atoms. The highest BCUT2D eigenvalue weighted by molar-refractivity contribution is 5.76. The van der Waals surface area contributed by atoms with Crippen molar-refractivity contribution in [2.24, 2.45) is 0 Å². The highest BCUT2D eigenvalue weighted by Gasteiger charge is 2.21. The summed E-state index contributed by atoms with van der Waals surface area (Å²) < 4.78 is 33.4. The Labute approximate surface area is 320 Å². The Hall–Kier alpha value is -5.18. The number of rotatable bonds is 21. The lowest BCUT2D eigenvalue weighted by Gasteiger charge is -2.15. The minimum atomic E-state index is -0.610. The molecule has 0 N–H and O–H groups in total. The second kappa shape index (κ2) is 22.1. The van der Waals surface area contributed by atoms with Crippen LogP contribution in [0.4, 0.5) is 0 Å². The first-order valence-electron chi connectivity index (χ1n) is 18.8. The fraction of sp³-hybridized carbons (Fsp3) is 0.348. The molecule has 4 aromatic rings. The van der Waals surface area contributed by atoms with E-state index in [-0.39, 0.29) is 11.9 Å². The Morgan fingerprint density at radius 1 is 0.500 bits per heavy atom. The summed E-state index contributed by atoms with van der Waals surface area (Å²) in [4.78, 5) is 24.4. The van der Waals surface area contributed by atoms with Crippen LogP contribution in [0.25, 0.3) is 22.3 Å². The SMILES string of the molecule is CCOC(=O)C(Cc1ccc(OCC=C(C)c2ccc(-c3ccc(C(C)=CCOc4ccc(CC(OCC)C(=O)OCC)cc4)cc3)cc2)cc1)OCC. The summed E-state index contributed by atoms with van der Waals surface area (Å²) in [6.07, 6.45) is 3.83. The van der Waals surface area contributed by atoms with Crippen LogP contribution in [0.3, 0.4) is 0 Å². The third kappa shape index (κ3) is 13.0.